The maximum Gasteiger partial charge on any atom is 0.265 e. The van der Waals surface area contributed by atoms with Gasteiger partial charge in [0, 0.05) is 16.6 Å². The fourth-order valence-electron chi connectivity index (χ4n) is 3.69. The summed E-state index contributed by atoms with van der Waals surface area (Å²) < 4.78 is 11.9. The molecule has 1 atom stereocenters. The average Bonchev–Trinajstić information content (AvgIpc) is 3.23. The molecule has 4 aromatic carbocycles. The summed E-state index contributed by atoms with van der Waals surface area (Å²) in [6, 6.07) is 27.2. The first kappa shape index (κ1) is 19.8. The number of hydrogen-bond acceptors (Lipinski definition) is 4. The zero-order valence-electron chi connectivity index (χ0n) is 17.8. The highest BCUT2D eigenvalue weighted by Gasteiger charge is 2.17. The second kappa shape index (κ2) is 8.19. The van der Waals surface area contributed by atoms with Crippen LogP contribution >= 0.6 is 0 Å². The van der Waals surface area contributed by atoms with Crippen molar-refractivity contribution in [2.75, 3.05) is 5.32 Å². The van der Waals surface area contributed by atoms with Crippen molar-refractivity contribution in [1.82, 2.24) is 4.98 Å². The number of rotatable bonds is 5. The van der Waals surface area contributed by atoms with E-state index >= 15 is 0 Å². The molecule has 0 radical (unpaired) electrons. The van der Waals surface area contributed by atoms with E-state index in [0.29, 0.717) is 28.4 Å². The first-order valence-corrected chi connectivity index (χ1v) is 10.5. The van der Waals surface area contributed by atoms with Crippen LogP contribution in [0.25, 0.3) is 33.3 Å². The van der Waals surface area contributed by atoms with E-state index < -0.39 is 6.10 Å². The summed E-state index contributed by atoms with van der Waals surface area (Å²) in [7, 11) is 0. The van der Waals surface area contributed by atoms with Crippen molar-refractivity contribution in [1.29, 1.82) is 0 Å². The fourth-order valence-corrected chi connectivity index (χ4v) is 3.69. The second-order valence-electron chi connectivity index (χ2n) is 7.80. The minimum absolute atomic E-state index is 0.236. The summed E-state index contributed by atoms with van der Waals surface area (Å²) >= 11 is 0. The number of oxazole rings is 1. The molecule has 5 heteroatoms. The van der Waals surface area contributed by atoms with Crippen LogP contribution < -0.4 is 10.1 Å². The number of nitrogens with zero attached hydrogens (tertiary/aromatic N) is 1. The van der Waals surface area contributed by atoms with Crippen LogP contribution in [0, 0.1) is 6.92 Å². The number of amides is 1. The second-order valence-corrected chi connectivity index (χ2v) is 7.80. The molecule has 1 unspecified atom stereocenters. The van der Waals surface area contributed by atoms with Crippen molar-refractivity contribution in [2.24, 2.45) is 0 Å². The number of benzene rings is 4. The molecule has 1 N–H and O–H groups in total. The summed E-state index contributed by atoms with van der Waals surface area (Å²) in [6.07, 6.45) is -0.670. The number of aromatic nitrogens is 1. The molecule has 0 bridgehead atoms. The van der Waals surface area contributed by atoms with Gasteiger partial charge in [0.1, 0.15) is 11.3 Å². The van der Waals surface area contributed by atoms with E-state index in [-0.39, 0.29) is 5.91 Å². The molecule has 0 spiro atoms. The van der Waals surface area contributed by atoms with Gasteiger partial charge in [-0.2, -0.15) is 0 Å². The highest BCUT2D eigenvalue weighted by molar-refractivity contribution is 5.96. The number of aryl methyl sites for hydroxylation is 1. The van der Waals surface area contributed by atoms with Crippen LogP contribution in [-0.4, -0.2) is 17.0 Å². The molecule has 1 aromatic heterocycles. The first-order chi connectivity index (χ1) is 15.6. The van der Waals surface area contributed by atoms with Gasteiger partial charge in [0.05, 0.1) is 0 Å². The van der Waals surface area contributed by atoms with E-state index in [9.17, 15) is 4.79 Å². The monoisotopic (exact) mass is 422 g/mol. The normalized spacial score (nSPS) is 12.1. The third-order valence-corrected chi connectivity index (χ3v) is 5.34. The molecule has 0 aliphatic rings. The Balaban J connectivity index is 1.33. The van der Waals surface area contributed by atoms with Crippen molar-refractivity contribution >= 4 is 33.5 Å². The molecule has 0 aliphatic carbocycles. The Labute approximate surface area is 185 Å². The predicted molar refractivity (Wildman–Crippen MR) is 127 cm³/mol. The highest BCUT2D eigenvalue weighted by atomic mass is 16.5. The summed E-state index contributed by atoms with van der Waals surface area (Å²) in [5.74, 6) is 1.00. The molecule has 5 aromatic rings. The van der Waals surface area contributed by atoms with Gasteiger partial charge in [0.2, 0.25) is 5.89 Å². The summed E-state index contributed by atoms with van der Waals surface area (Å²) in [4.78, 5) is 17.4. The number of nitrogens with one attached hydrogen (secondary N) is 1. The average molecular weight is 422 g/mol. The van der Waals surface area contributed by atoms with Crippen LogP contribution in [0.4, 0.5) is 5.69 Å². The zero-order valence-corrected chi connectivity index (χ0v) is 17.8. The molecule has 5 nitrogen and oxygen atoms in total. The number of carbonyl (C=O) groups excluding carboxylic acids is 1. The first-order valence-electron chi connectivity index (χ1n) is 10.5. The van der Waals surface area contributed by atoms with E-state index in [4.69, 9.17) is 9.15 Å². The minimum atomic E-state index is -0.670. The lowest BCUT2D eigenvalue weighted by atomic mass is 10.1. The van der Waals surface area contributed by atoms with E-state index in [2.05, 4.69) is 10.3 Å². The molecule has 1 heterocycles. The Kier molecular flexibility index (Phi) is 5.07. The van der Waals surface area contributed by atoms with Crippen LogP contribution in [0.5, 0.6) is 5.75 Å². The number of carbonyl (C=O) groups is 1. The van der Waals surface area contributed by atoms with Crippen LogP contribution in [0.2, 0.25) is 0 Å². The molecular formula is C27H22N2O3. The summed E-state index contributed by atoms with van der Waals surface area (Å²) in [6.45, 7) is 3.77. The van der Waals surface area contributed by atoms with Gasteiger partial charge >= 0.3 is 0 Å². The SMILES string of the molecule is Cc1cccc(-c2nc3cc(NC(=O)C(C)Oc4cccc5ccccc45)ccc3o2)c1. The molecule has 158 valence electrons. The number of ether oxygens (including phenoxy) is 1. The quantitative estimate of drug-likeness (QED) is 0.358. The minimum Gasteiger partial charge on any atom is -0.480 e. The molecule has 5 rings (SSSR count). The fraction of sp³-hybridized carbons (Fsp3) is 0.111. The van der Waals surface area contributed by atoms with Crippen LogP contribution in [0.3, 0.4) is 0 Å². The van der Waals surface area contributed by atoms with Gasteiger partial charge < -0.3 is 14.5 Å². The zero-order chi connectivity index (χ0) is 22.1. The third-order valence-electron chi connectivity index (χ3n) is 5.34. The van der Waals surface area contributed by atoms with E-state index in [0.717, 1.165) is 21.9 Å². The van der Waals surface area contributed by atoms with E-state index in [1.807, 2.05) is 79.7 Å². The maximum atomic E-state index is 12.8. The van der Waals surface area contributed by atoms with Crippen molar-refractivity contribution in [2.45, 2.75) is 20.0 Å². The van der Waals surface area contributed by atoms with Gasteiger partial charge in [0.15, 0.2) is 11.7 Å². The smallest absolute Gasteiger partial charge is 0.265 e. The molecule has 0 saturated carbocycles. The molecule has 32 heavy (non-hydrogen) atoms. The number of fused-ring (bicyclic) bond motifs is 2. The van der Waals surface area contributed by atoms with Crippen molar-refractivity contribution < 1.29 is 13.9 Å². The molecule has 0 fully saturated rings. The Morgan fingerprint density at radius 3 is 2.66 bits per heavy atom. The van der Waals surface area contributed by atoms with E-state index in [1.165, 1.54) is 0 Å². The lowest BCUT2D eigenvalue weighted by molar-refractivity contribution is -0.122. The van der Waals surface area contributed by atoms with Crippen LogP contribution in [0.15, 0.2) is 89.3 Å². The van der Waals surface area contributed by atoms with Crippen molar-refractivity contribution in [3.05, 3.63) is 90.5 Å². The van der Waals surface area contributed by atoms with Crippen molar-refractivity contribution in [3.8, 4) is 17.2 Å². The third kappa shape index (κ3) is 3.93. The highest BCUT2D eigenvalue weighted by Crippen LogP contribution is 2.28. The largest absolute Gasteiger partial charge is 0.480 e. The van der Waals surface area contributed by atoms with Gasteiger partial charge in [-0.3, -0.25) is 4.79 Å². The molecule has 0 aliphatic heterocycles. The van der Waals surface area contributed by atoms with Crippen molar-refractivity contribution in [3.63, 3.8) is 0 Å². The maximum absolute atomic E-state index is 12.8. The van der Waals surface area contributed by atoms with Gasteiger partial charge in [-0.15, -0.1) is 0 Å². The number of hydrogen-bond donors (Lipinski definition) is 1. The van der Waals surface area contributed by atoms with Gasteiger partial charge in [-0.1, -0.05) is 54.1 Å². The molecule has 0 saturated heterocycles. The molecular weight excluding hydrogens is 400 g/mol. The topological polar surface area (TPSA) is 64.4 Å². The Morgan fingerprint density at radius 1 is 0.969 bits per heavy atom. The standard InChI is InChI=1S/C27H22N2O3/c1-17-7-5-10-20(15-17)27-29-23-16-21(13-14-25(23)32-27)28-26(30)18(2)31-24-12-6-9-19-8-3-4-11-22(19)24/h3-16,18H,1-2H3,(H,28,30). The van der Waals surface area contributed by atoms with Crippen LogP contribution in [-0.2, 0) is 4.79 Å². The molecule has 1 amide bonds. The Bertz CT molecular complexity index is 1430. The lowest BCUT2D eigenvalue weighted by Gasteiger charge is -2.16. The summed E-state index contributed by atoms with van der Waals surface area (Å²) in [5, 5.41) is 4.96. The van der Waals surface area contributed by atoms with Gasteiger partial charge in [-0.05, 0) is 55.6 Å². The van der Waals surface area contributed by atoms with E-state index in [1.54, 1.807) is 19.1 Å². The lowest BCUT2D eigenvalue weighted by Crippen LogP contribution is -2.30. The number of anilines is 1. The Hall–Kier alpha value is -4.12. The summed E-state index contributed by atoms with van der Waals surface area (Å²) in [5.41, 5.74) is 4.04. The Morgan fingerprint density at radius 2 is 1.78 bits per heavy atom. The van der Waals surface area contributed by atoms with Gasteiger partial charge in [-0.25, -0.2) is 4.98 Å². The predicted octanol–water partition coefficient (Wildman–Crippen LogP) is 6.36. The van der Waals surface area contributed by atoms with Gasteiger partial charge in [0.25, 0.3) is 5.91 Å². The van der Waals surface area contributed by atoms with Crippen LogP contribution in [0.1, 0.15) is 12.5 Å².